The SMILES string of the molecule is CC(O)C1CCN(c2c(N)cccc2Cl)CC1. The van der Waals surface area contributed by atoms with Gasteiger partial charge in [-0.3, -0.25) is 0 Å². The Morgan fingerprint density at radius 1 is 1.41 bits per heavy atom. The Hall–Kier alpha value is -0.930. The van der Waals surface area contributed by atoms with Crippen LogP contribution in [0.5, 0.6) is 0 Å². The van der Waals surface area contributed by atoms with Gasteiger partial charge in [0.15, 0.2) is 0 Å². The summed E-state index contributed by atoms with van der Waals surface area (Å²) in [6.07, 6.45) is 1.76. The zero-order chi connectivity index (χ0) is 12.4. The fourth-order valence-electron chi connectivity index (χ4n) is 2.47. The first-order chi connectivity index (χ1) is 8.09. The Labute approximate surface area is 107 Å². The van der Waals surface area contributed by atoms with Gasteiger partial charge in [0.1, 0.15) is 0 Å². The number of nitrogen functional groups attached to an aromatic ring is 1. The number of piperidine rings is 1. The highest BCUT2D eigenvalue weighted by Crippen LogP contribution is 2.34. The highest BCUT2D eigenvalue weighted by Gasteiger charge is 2.24. The van der Waals surface area contributed by atoms with E-state index >= 15 is 0 Å². The number of benzene rings is 1. The van der Waals surface area contributed by atoms with Crippen molar-refractivity contribution in [2.75, 3.05) is 23.7 Å². The van der Waals surface area contributed by atoms with Crippen LogP contribution >= 0.6 is 11.6 Å². The van der Waals surface area contributed by atoms with Crippen LogP contribution in [0.1, 0.15) is 19.8 Å². The van der Waals surface area contributed by atoms with Crippen molar-refractivity contribution in [3.8, 4) is 0 Å². The third-order valence-electron chi connectivity index (χ3n) is 3.56. The summed E-state index contributed by atoms with van der Waals surface area (Å²) in [4.78, 5) is 2.22. The van der Waals surface area contributed by atoms with E-state index in [4.69, 9.17) is 17.3 Å². The lowest BCUT2D eigenvalue weighted by Crippen LogP contribution is -2.37. The summed E-state index contributed by atoms with van der Waals surface area (Å²) < 4.78 is 0. The van der Waals surface area contributed by atoms with Crippen molar-refractivity contribution < 1.29 is 5.11 Å². The van der Waals surface area contributed by atoms with Crippen molar-refractivity contribution in [3.05, 3.63) is 23.2 Å². The number of halogens is 1. The predicted octanol–water partition coefficient (Wildman–Crippen LogP) is 2.52. The van der Waals surface area contributed by atoms with E-state index in [1.54, 1.807) is 0 Å². The van der Waals surface area contributed by atoms with E-state index in [0.29, 0.717) is 10.9 Å². The molecule has 0 amide bonds. The fraction of sp³-hybridized carbons (Fsp3) is 0.538. The van der Waals surface area contributed by atoms with Crippen LogP contribution in [0, 0.1) is 5.92 Å². The van der Waals surface area contributed by atoms with Gasteiger partial charge in [0.2, 0.25) is 0 Å². The third kappa shape index (κ3) is 2.67. The second kappa shape index (κ2) is 5.15. The van der Waals surface area contributed by atoms with Crippen LogP contribution in [0.25, 0.3) is 0 Å². The zero-order valence-electron chi connectivity index (χ0n) is 10.1. The number of nitrogens with zero attached hydrogens (tertiary/aromatic N) is 1. The van der Waals surface area contributed by atoms with Gasteiger partial charge in [-0.05, 0) is 37.8 Å². The fourth-order valence-corrected chi connectivity index (χ4v) is 2.77. The van der Waals surface area contributed by atoms with Crippen LogP contribution in [0.3, 0.4) is 0 Å². The Morgan fingerprint density at radius 2 is 2.06 bits per heavy atom. The molecule has 17 heavy (non-hydrogen) atoms. The average molecular weight is 255 g/mol. The van der Waals surface area contributed by atoms with Gasteiger partial charge in [-0.25, -0.2) is 0 Å². The molecule has 1 heterocycles. The summed E-state index contributed by atoms with van der Waals surface area (Å²) in [6.45, 7) is 3.68. The maximum atomic E-state index is 9.57. The molecule has 1 unspecified atom stereocenters. The van der Waals surface area contributed by atoms with Crippen molar-refractivity contribution in [2.24, 2.45) is 5.92 Å². The van der Waals surface area contributed by atoms with E-state index < -0.39 is 0 Å². The third-order valence-corrected chi connectivity index (χ3v) is 3.86. The number of rotatable bonds is 2. The maximum absolute atomic E-state index is 9.57. The molecule has 1 aromatic rings. The Morgan fingerprint density at radius 3 is 2.59 bits per heavy atom. The van der Waals surface area contributed by atoms with Gasteiger partial charge in [0.05, 0.1) is 22.5 Å². The van der Waals surface area contributed by atoms with Crippen molar-refractivity contribution >= 4 is 23.0 Å². The van der Waals surface area contributed by atoms with Gasteiger partial charge in [-0.1, -0.05) is 17.7 Å². The molecule has 0 saturated carbocycles. The molecule has 1 aliphatic rings. The lowest BCUT2D eigenvalue weighted by Gasteiger charge is -2.35. The molecule has 0 aromatic heterocycles. The van der Waals surface area contributed by atoms with E-state index in [-0.39, 0.29) is 6.10 Å². The van der Waals surface area contributed by atoms with Crippen LogP contribution in [0.15, 0.2) is 18.2 Å². The number of hydrogen-bond acceptors (Lipinski definition) is 3. The number of anilines is 2. The van der Waals surface area contributed by atoms with E-state index in [2.05, 4.69) is 4.90 Å². The van der Waals surface area contributed by atoms with E-state index in [1.165, 1.54) is 0 Å². The smallest absolute Gasteiger partial charge is 0.0789 e. The number of aliphatic hydroxyl groups is 1. The standard InChI is InChI=1S/C13H19ClN2O/c1-9(17)10-5-7-16(8-6-10)13-11(14)3-2-4-12(13)15/h2-4,9-10,17H,5-8,15H2,1H3. The monoisotopic (exact) mass is 254 g/mol. The summed E-state index contributed by atoms with van der Waals surface area (Å²) in [5, 5.41) is 10.3. The molecule has 2 rings (SSSR count). The van der Waals surface area contributed by atoms with Gasteiger partial charge in [-0.15, -0.1) is 0 Å². The molecule has 0 bridgehead atoms. The highest BCUT2D eigenvalue weighted by atomic mass is 35.5. The maximum Gasteiger partial charge on any atom is 0.0789 e. The zero-order valence-corrected chi connectivity index (χ0v) is 10.8. The summed E-state index contributed by atoms with van der Waals surface area (Å²) >= 11 is 6.19. The predicted molar refractivity (Wildman–Crippen MR) is 72.5 cm³/mol. The minimum Gasteiger partial charge on any atom is -0.397 e. The lowest BCUT2D eigenvalue weighted by atomic mass is 9.92. The van der Waals surface area contributed by atoms with Gasteiger partial charge >= 0.3 is 0 Å². The molecule has 3 N–H and O–H groups in total. The second-order valence-corrected chi connectivity index (χ2v) is 5.15. The quantitative estimate of drug-likeness (QED) is 0.798. The van der Waals surface area contributed by atoms with Gasteiger partial charge in [-0.2, -0.15) is 0 Å². The highest BCUT2D eigenvalue weighted by molar-refractivity contribution is 6.34. The molecule has 1 atom stereocenters. The molecule has 3 nitrogen and oxygen atoms in total. The van der Waals surface area contributed by atoms with Crippen LogP contribution in [0.2, 0.25) is 5.02 Å². The Bertz CT molecular complexity index is 367. The van der Waals surface area contributed by atoms with Crippen LogP contribution in [-0.2, 0) is 0 Å². The largest absolute Gasteiger partial charge is 0.397 e. The van der Waals surface area contributed by atoms with Crippen molar-refractivity contribution in [1.82, 2.24) is 0 Å². The van der Waals surface area contributed by atoms with E-state index in [9.17, 15) is 5.11 Å². The Balaban J connectivity index is 2.11. The first-order valence-electron chi connectivity index (χ1n) is 6.06. The molecule has 1 saturated heterocycles. The molecule has 0 aliphatic carbocycles. The van der Waals surface area contributed by atoms with Gasteiger partial charge in [0.25, 0.3) is 0 Å². The summed E-state index contributed by atoms with van der Waals surface area (Å²) in [6, 6.07) is 5.61. The first-order valence-corrected chi connectivity index (χ1v) is 6.44. The van der Waals surface area contributed by atoms with Gasteiger partial charge < -0.3 is 15.7 Å². The van der Waals surface area contributed by atoms with Crippen LogP contribution < -0.4 is 10.6 Å². The van der Waals surface area contributed by atoms with E-state index in [1.807, 2.05) is 25.1 Å². The molecule has 0 spiro atoms. The molecule has 4 heteroatoms. The van der Waals surface area contributed by atoms with Crippen molar-refractivity contribution in [3.63, 3.8) is 0 Å². The Kier molecular flexibility index (Phi) is 3.79. The number of nitrogens with two attached hydrogens (primary N) is 1. The molecule has 1 aliphatic heterocycles. The normalized spacial score (nSPS) is 19.4. The topological polar surface area (TPSA) is 49.5 Å². The van der Waals surface area contributed by atoms with Crippen molar-refractivity contribution in [2.45, 2.75) is 25.9 Å². The molecule has 1 fully saturated rings. The summed E-state index contributed by atoms with van der Waals surface area (Å²) in [5.41, 5.74) is 7.64. The molecular formula is C13H19ClN2O. The molecule has 1 aromatic carbocycles. The van der Waals surface area contributed by atoms with Crippen LogP contribution in [-0.4, -0.2) is 24.3 Å². The van der Waals surface area contributed by atoms with Crippen LogP contribution in [0.4, 0.5) is 11.4 Å². The minimum atomic E-state index is -0.222. The average Bonchev–Trinajstić information content (AvgIpc) is 2.29. The number of aliphatic hydroxyl groups excluding tert-OH is 1. The number of para-hydroxylation sites is 1. The van der Waals surface area contributed by atoms with Gasteiger partial charge in [0, 0.05) is 13.1 Å². The minimum absolute atomic E-state index is 0.222. The van der Waals surface area contributed by atoms with E-state index in [0.717, 1.165) is 37.3 Å². The molecular weight excluding hydrogens is 236 g/mol. The lowest BCUT2D eigenvalue weighted by molar-refractivity contribution is 0.110. The number of hydrogen-bond donors (Lipinski definition) is 2. The summed E-state index contributed by atoms with van der Waals surface area (Å²) in [7, 11) is 0. The first kappa shape index (κ1) is 12.5. The molecule has 0 radical (unpaired) electrons. The van der Waals surface area contributed by atoms with Crippen molar-refractivity contribution in [1.29, 1.82) is 0 Å². The second-order valence-electron chi connectivity index (χ2n) is 4.74. The summed E-state index contributed by atoms with van der Waals surface area (Å²) in [5.74, 6) is 0.398. The molecule has 94 valence electrons.